The van der Waals surface area contributed by atoms with Crippen LogP contribution in [0, 0.1) is 12.3 Å². The van der Waals surface area contributed by atoms with Crippen molar-refractivity contribution in [3.63, 3.8) is 0 Å². The molecule has 0 aliphatic heterocycles. The molecule has 0 atom stereocenters. The summed E-state index contributed by atoms with van der Waals surface area (Å²) >= 11 is 0. The molecule has 0 aliphatic carbocycles. The monoisotopic (exact) mass is 339 g/mol. The summed E-state index contributed by atoms with van der Waals surface area (Å²) in [5.41, 5.74) is 0. The van der Waals surface area contributed by atoms with Gasteiger partial charge in [0.05, 0.1) is 26.2 Å². The van der Waals surface area contributed by atoms with Crippen LogP contribution >= 0.6 is 0 Å². The van der Waals surface area contributed by atoms with Crippen molar-refractivity contribution in [2.75, 3.05) is 33.0 Å². The Morgan fingerprint density at radius 1 is 1.04 bits per heavy atom. The van der Waals surface area contributed by atoms with Gasteiger partial charge < -0.3 is 19.5 Å². The molecule has 0 spiro atoms. The first kappa shape index (κ1) is 21.7. The summed E-state index contributed by atoms with van der Waals surface area (Å²) in [6.45, 7) is 4.76. The van der Waals surface area contributed by atoms with E-state index in [1.54, 1.807) is 0 Å². The minimum absolute atomic E-state index is 0.0499. The highest BCUT2D eigenvalue weighted by atomic mass is 16.6. The van der Waals surface area contributed by atoms with Gasteiger partial charge in [-0.05, 0) is 19.3 Å². The number of unbranched alkanes of at least 4 members (excludes halogenated alkanes) is 2. The normalized spacial score (nSPS) is 9.62. The molecular weight excluding hydrogens is 314 g/mol. The zero-order chi connectivity index (χ0) is 18.0. The van der Waals surface area contributed by atoms with Crippen LogP contribution < -0.4 is 5.32 Å². The van der Waals surface area contributed by atoms with Crippen molar-refractivity contribution in [2.45, 2.75) is 32.1 Å². The smallest absolute Gasteiger partial charge is 0.330 e. The van der Waals surface area contributed by atoms with Crippen LogP contribution in [0.4, 0.5) is 0 Å². The first-order valence-corrected chi connectivity index (χ1v) is 7.83. The van der Waals surface area contributed by atoms with Crippen molar-refractivity contribution in [3.05, 3.63) is 12.7 Å². The predicted octanol–water partition coefficient (Wildman–Crippen LogP) is 0.975. The van der Waals surface area contributed by atoms with Gasteiger partial charge in [0.2, 0.25) is 5.91 Å². The van der Waals surface area contributed by atoms with E-state index < -0.39 is 5.97 Å². The third kappa shape index (κ3) is 14.6. The zero-order valence-corrected chi connectivity index (χ0v) is 13.9. The fourth-order valence-corrected chi connectivity index (χ4v) is 1.59. The number of rotatable bonds is 14. The van der Waals surface area contributed by atoms with Gasteiger partial charge in [-0.2, -0.15) is 0 Å². The molecule has 7 nitrogen and oxygen atoms in total. The SMILES string of the molecule is C#CCC(=O)NCCOCCOC(=O)CCCCCOC(=O)C=C. The zero-order valence-electron chi connectivity index (χ0n) is 13.9. The van der Waals surface area contributed by atoms with Gasteiger partial charge in [-0.1, -0.05) is 12.5 Å². The highest BCUT2D eigenvalue weighted by Gasteiger charge is 2.03. The lowest BCUT2D eigenvalue weighted by atomic mass is 10.2. The number of carbonyl (C=O) groups excluding carboxylic acids is 3. The standard InChI is InChI=1S/C17H25NO6/c1-3-8-15(19)18-10-12-22-13-14-24-17(21)9-6-5-7-11-23-16(20)4-2/h1,4H,2,5-14H2,(H,18,19). The molecule has 0 bridgehead atoms. The van der Waals surface area contributed by atoms with E-state index in [9.17, 15) is 14.4 Å². The molecule has 0 fully saturated rings. The molecule has 134 valence electrons. The number of hydrogen-bond acceptors (Lipinski definition) is 6. The van der Waals surface area contributed by atoms with Crippen LogP contribution in [0.15, 0.2) is 12.7 Å². The Labute approximate surface area is 142 Å². The van der Waals surface area contributed by atoms with Gasteiger partial charge in [-0.25, -0.2) is 4.79 Å². The van der Waals surface area contributed by atoms with E-state index in [4.69, 9.17) is 20.6 Å². The quantitative estimate of drug-likeness (QED) is 0.219. The summed E-state index contributed by atoms with van der Waals surface area (Å²) in [4.78, 5) is 33.2. The van der Waals surface area contributed by atoms with Gasteiger partial charge in [0.1, 0.15) is 6.61 Å². The molecule has 7 heteroatoms. The number of nitrogens with one attached hydrogen (secondary N) is 1. The van der Waals surface area contributed by atoms with Crippen LogP contribution in [0.3, 0.4) is 0 Å². The summed E-state index contributed by atoms with van der Waals surface area (Å²) < 4.78 is 15.0. The average molecular weight is 339 g/mol. The molecule has 1 amide bonds. The number of ether oxygens (including phenoxy) is 3. The van der Waals surface area contributed by atoms with Crippen molar-refractivity contribution in [2.24, 2.45) is 0 Å². The van der Waals surface area contributed by atoms with E-state index in [2.05, 4.69) is 17.8 Å². The van der Waals surface area contributed by atoms with E-state index in [0.29, 0.717) is 39.0 Å². The molecule has 0 aromatic rings. The van der Waals surface area contributed by atoms with E-state index in [1.165, 1.54) is 0 Å². The second-order valence-corrected chi connectivity index (χ2v) is 4.75. The molecule has 0 unspecified atom stereocenters. The van der Waals surface area contributed by atoms with Gasteiger partial charge in [0, 0.05) is 19.0 Å². The van der Waals surface area contributed by atoms with Gasteiger partial charge in [-0.3, -0.25) is 9.59 Å². The van der Waals surface area contributed by atoms with Crippen LogP contribution in [-0.2, 0) is 28.6 Å². The molecule has 0 aliphatic rings. The van der Waals surface area contributed by atoms with E-state index in [-0.39, 0.29) is 31.5 Å². The number of carbonyl (C=O) groups is 3. The summed E-state index contributed by atoms with van der Waals surface area (Å²) in [6, 6.07) is 0. The Kier molecular flexibility index (Phi) is 14.1. The van der Waals surface area contributed by atoms with Gasteiger partial charge in [-0.15, -0.1) is 6.42 Å². The highest BCUT2D eigenvalue weighted by Crippen LogP contribution is 2.02. The lowest BCUT2D eigenvalue weighted by molar-refractivity contribution is -0.145. The molecule has 0 aromatic heterocycles. The summed E-state index contributed by atoms with van der Waals surface area (Å²) in [5.74, 6) is 1.30. The fraction of sp³-hybridized carbons (Fsp3) is 0.588. The van der Waals surface area contributed by atoms with Crippen LogP contribution in [0.25, 0.3) is 0 Å². The van der Waals surface area contributed by atoms with E-state index >= 15 is 0 Å². The van der Waals surface area contributed by atoms with Crippen LogP contribution in [-0.4, -0.2) is 50.8 Å². The molecule has 0 heterocycles. The minimum Gasteiger partial charge on any atom is -0.463 e. The molecule has 0 rings (SSSR count). The maximum absolute atomic E-state index is 11.4. The minimum atomic E-state index is -0.440. The second-order valence-electron chi connectivity index (χ2n) is 4.75. The Balaban J connectivity index is 3.32. The van der Waals surface area contributed by atoms with E-state index in [1.807, 2.05) is 0 Å². The van der Waals surface area contributed by atoms with Crippen LogP contribution in [0.5, 0.6) is 0 Å². The van der Waals surface area contributed by atoms with E-state index in [0.717, 1.165) is 12.5 Å². The third-order valence-corrected chi connectivity index (χ3v) is 2.76. The second kappa shape index (κ2) is 15.6. The third-order valence-electron chi connectivity index (χ3n) is 2.76. The fourth-order valence-electron chi connectivity index (χ4n) is 1.59. The molecule has 24 heavy (non-hydrogen) atoms. The largest absolute Gasteiger partial charge is 0.463 e. The molecular formula is C17H25NO6. The van der Waals surface area contributed by atoms with Crippen molar-refractivity contribution >= 4 is 17.8 Å². The number of amides is 1. The summed E-state index contributed by atoms with van der Waals surface area (Å²) in [7, 11) is 0. The molecule has 0 saturated heterocycles. The lowest BCUT2D eigenvalue weighted by Gasteiger charge is -2.07. The average Bonchev–Trinajstić information content (AvgIpc) is 2.57. The van der Waals surface area contributed by atoms with Crippen molar-refractivity contribution in [3.8, 4) is 12.3 Å². The molecule has 0 aromatic carbocycles. The van der Waals surface area contributed by atoms with Gasteiger partial charge >= 0.3 is 11.9 Å². The highest BCUT2D eigenvalue weighted by molar-refractivity contribution is 5.81. The van der Waals surface area contributed by atoms with Gasteiger partial charge in [0.15, 0.2) is 0 Å². The van der Waals surface area contributed by atoms with Crippen molar-refractivity contribution in [1.82, 2.24) is 5.32 Å². The van der Waals surface area contributed by atoms with Crippen molar-refractivity contribution < 1.29 is 28.6 Å². The van der Waals surface area contributed by atoms with Crippen LogP contribution in [0.1, 0.15) is 32.1 Å². The predicted molar refractivity (Wildman–Crippen MR) is 87.9 cm³/mol. The summed E-state index contributed by atoms with van der Waals surface area (Å²) in [5, 5.41) is 2.59. The number of terminal acetylenes is 1. The molecule has 0 radical (unpaired) electrons. The van der Waals surface area contributed by atoms with Crippen LogP contribution in [0.2, 0.25) is 0 Å². The molecule has 1 N–H and O–H groups in total. The maximum atomic E-state index is 11.4. The van der Waals surface area contributed by atoms with Crippen molar-refractivity contribution in [1.29, 1.82) is 0 Å². The Morgan fingerprint density at radius 3 is 2.54 bits per heavy atom. The molecule has 0 saturated carbocycles. The first-order valence-electron chi connectivity index (χ1n) is 7.83. The lowest BCUT2D eigenvalue weighted by Crippen LogP contribution is -2.27. The number of esters is 2. The first-order chi connectivity index (χ1) is 11.6. The Hall–Kier alpha value is -2.33. The maximum Gasteiger partial charge on any atom is 0.330 e. The number of hydrogen-bond donors (Lipinski definition) is 1. The van der Waals surface area contributed by atoms with Gasteiger partial charge in [0.25, 0.3) is 0 Å². The Morgan fingerprint density at radius 2 is 1.83 bits per heavy atom. The Bertz CT molecular complexity index is 441. The topological polar surface area (TPSA) is 90.9 Å². The summed E-state index contributed by atoms with van der Waals surface area (Å²) in [6.07, 6.45) is 8.61.